The lowest BCUT2D eigenvalue weighted by Gasteiger charge is -2.10. The average Bonchev–Trinajstić information content (AvgIpc) is 2.46. The van der Waals surface area contributed by atoms with Crippen molar-refractivity contribution < 1.29 is 18.3 Å². The number of sulfonamides is 1. The van der Waals surface area contributed by atoms with Gasteiger partial charge in [0.15, 0.2) is 0 Å². The van der Waals surface area contributed by atoms with Crippen LogP contribution in [-0.4, -0.2) is 19.5 Å². The highest BCUT2D eigenvalue weighted by molar-refractivity contribution is 7.89. The summed E-state index contributed by atoms with van der Waals surface area (Å²) in [5.41, 5.74) is 0.333. The highest BCUT2D eigenvalue weighted by Crippen LogP contribution is 2.18. The Hall–Kier alpha value is -1.89. The van der Waals surface area contributed by atoms with E-state index in [9.17, 15) is 13.2 Å². The number of benzene rings is 2. The molecule has 2 aromatic carbocycles. The van der Waals surface area contributed by atoms with Gasteiger partial charge in [-0.2, -0.15) is 0 Å². The predicted molar refractivity (Wildman–Crippen MR) is 78.9 cm³/mol. The SMILES string of the molecule is O=C(O)c1ccccc1S(=O)(=O)NCc1ccccc1Cl. The molecule has 0 atom stereocenters. The Morgan fingerprint density at radius 2 is 1.71 bits per heavy atom. The third kappa shape index (κ3) is 3.60. The van der Waals surface area contributed by atoms with E-state index >= 15 is 0 Å². The van der Waals surface area contributed by atoms with Crippen LogP contribution in [0.4, 0.5) is 0 Å². The van der Waals surface area contributed by atoms with Crippen molar-refractivity contribution in [2.24, 2.45) is 0 Å². The maximum Gasteiger partial charge on any atom is 0.337 e. The Kier molecular flexibility index (Phi) is 4.62. The highest BCUT2D eigenvalue weighted by atomic mass is 35.5. The van der Waals surface area contributed by atoms with Gasteiger partial charge in [-0.05, 0) is 23.8 Å². The van der Waals surface area contributed by atoms with Crippen molar-refractivity contribution in [2.75, 3.05) is 0 Å². The van der Waals surface area contributed by atoms with Crippen LogP contribution in [0.15, 0.2) is 53.4 Å². The summed E-state index contributed by atoms with van der Waals surface area (Å²) >= 11 is 5.95. The predicted octanol–water partition coefficient (Wildman–Crippen LogP) is 2.52. The molecular weight excluding hydrogens is 314 g/mol. The third-order valence-corrected chi connectivity index (χ3v) is 4.65. The number of carboxylic acid groups (broad SMARTS) is 1. The van der Waals surface area contributed by atoms with Gasteiger partial charge in [0.1, 0.15) is 0 Å². The smallest absolute Gasteiger partial charge is 0.337 e. The van der Waals surface area contributed by atoms with Crippen LogP contribution >= 0.6 is 11.6 Å². The molecule has 5 nitrogen and oxygen atoms in total. The molecule has 0 aliphatic heterocycles. The lowest BCUT2D eigenvalue weighted by molar-refractivity contribution is 0.0692. The molecule has 0 radical (unpaired) electrons. The van der Waals surface area contributed by atoms with Crippen molar-refractivity contribution in [1.29, 1.82) is 0 Å². The van der Waals surface area contributed by atoms with E-state index in [1.807, 2.05) is 0 Å². The van der Waals surface area contributed by atoms with E-state index in [-0.39, 0.29) is 17.0 Å². The molecule has 110 valence electrons. The number of carbonyl (C=O) groups is 1. The molecule has 0 saturated carbocycles. The first-order chi connectivity index (χ1) is 9.92. The zero-order chi connectivity index (χ0) is 15.5. The molecule has 0 heterocycles. The average molecular weight is 326 g/mol. The summed E-state index contributed by atoms with van der Waals surface area (Å²) in [6, 6.07) is 12.2. The minimum atomic E-state index is -3.94. The molecule has 0 aromatic heterocycles. The Labute approximate surface area is 127 Å². The van der Waals surface area contributed by atoms with E-state index in [0.29, 0.717) is 10.6 Å². The molecule has 0 amide bonds. The number of aromatic carboxylic acids is 1. The van der Waals surface area contributed by atoms with Gasteiger partial charge in [-0.3, -0.25) is 0 Å². The fraction of sp³-hybridized carbons (Fsp3) is 0.0714. The van der Waals surface area contributed by atoms with E-state index in [1.165, 1.54) is 24.3 Å². The number of carboxylic acids is 1. The van der Waals surface area contributed by atoms with Crippen LogP contribution in [-0.2, 0) is 16.6 Å². The maximum absolute atomic E-state index is 12.2. The van der Waals surface area contributed by atoms with Gasteiger partial charge < -0.3 is 5.11 Å². The molecule has 0 aliphatic carbocycles. The number of hydrogen-bond donors (Lipinski definition) is 2. The first-order valence-corrected chi connectivity index (χ1v) is 7.83. The topological polar surface area (TPSA) is 83.5 Å². The van der Waals surface area contributed by atoms with Gasteiger partial charge in [0.05, 0.1) is 10.5 Å². The minimum absolute atomic E-state index is 0.0179. The molecule has 2 aromatic rings. The van der Waals surface area contributed by atoms with Crippen molar-refractivity contribution >= 4 is 27.6 Å². The largest absolute Gasteiger partial charge is 0.478 e. The molecular formula is C14H12ClNO4S. The molecule has 21 heavy (non-hydrogen) atoms. The Balaban J connectivity index is 2.28. The van der Waals surface area contributed by atoms with E-state index in [1.54, 1.807) is 24.3 Å². The van der Waals surface area contributed by atoms with Gasteiger partial charge in [-0.25, -0.2) is 17.9 Å². The van der Waals surface area contributed by atoms with E-state index in [4.69, 9.17) is 16.7 Å². The lowest BCUT2D eigenvalue weighted by atomic mass is 10.2. The molecule has 2 rings (SSSR count). The van der Waals surface area contributed by atoms with Crippen LogP contribution in [0.3, 0.4) is 0 Å². The van der Waals surface area contributed by atoms with Crippen LogP contribution < -0.4 is 4.72 Å². The summed E-state index contributed by atoms with van der Waals surface area (Å²) in [6.07, 6.45) is 0. The second-order valence-corrected chi connectivity index (χ2v) is 6.36. The van der Waals surface area contributed by atoms with Crippen molar-refractivity contribution in [3.63, 3.8) is 0 Å². The number of halogens is 1. The third-order valence-electron chi connectivity index (χ3n) is 2.82. The standard InChI is InChI=1S/C14H12ClNO4S/c15-12-7-3-1-5-10(12)9-16-21(19,20)13-8-4-2-6-11(13)14(17)18/h1-8,16H,9H2,(H,17,18). The molecule has 2 N–H and O–H groups in total. The normalized spacial score (nSPS) is 11.3. The first-order valence-electron chi connectivity index (χ1n) is 5.97. The fourth-order valence-electron chi connectivity index (χ4n) is 1.77. The van der Waals surface area contributed by atoms with Gasteiger partial charge in [-0.15, -0.1) is 0 Å². The van der Waals surface area contributed by atoms with Gasteiger partial charge in [0.25, 0.3) is 0 Å². The minimum Gasteiger partial charge on any atom is -0.478 e. The van der Waals surface area contributed by atoms with Gasteiger partial charge in [0, 0.05) is 11.6 Å². The van der Waals surface area contributed by atoms with E-state index < -0.39 is 16.0 Å². The van der Waals surface area contributed by atoms with Gasteiger partial charge in [-0.1, -0.05) is 41.9 Å². The van der Waals surface area contributed by atoms with Crippen molar-refractivity contribution in [3.8, 4) is 0 Å². The number of hydrogen-bond acceptors (Lipinski definition) is 3. The van der Waals surface area contributed by atoms with Gasteiger partial charge in [0.2, 0.25) is 10.0 Å². The molecule has 0 fully saturated rings. The first kappa shape index (κ1) is 15.5. The zero-order valence-electron chi connectivity index (χ0n) is 10.8. The van der Waals surface area contributed by atoms with Crippen LogP contribution in [0, 0.1) is 0 Å². The van der Waals surface area contributed by atoms with Crippen LogP contribution in [0.25, 0.3) is 0 Å². The molecule has 0 saturated heterocycles. The Morgan fingerprint density at radius 3 is 2.38 bits per heavy atom. The lowest BCUT2D eigenvalue weighted by Crippen LogP contribution is -2.25. The van der Waals surface area contributed by atoms with Crippen LogP contribution in [0.2, 0.25) is 5.02 Å². The van der Waals surface area contributed by atoms with Crippen molar-refractivity contribution in [3.05, 3.63) is 64.7 Å². The fourth-order valence-corrected chi connectivity index (χ4v) is 3.18. The summed E-state index contributed by atoms with van der Waals surface area (Å²) in [7, 11) is -3.94. The molecule has 7 heteroatoms. The summed E-state index contributed by atoms with van der Waals surface area (Å²) in [5.74, 6) is -1.30. The van der Waals surface area contributed by atoms with Gasteiger partial charge >= 0.3 is 5.97 Å². The monoisotopic (exact) mass is 325 g/mol. The zero-order valence-corrected chi connectivity index (χ0v) is 12.4. The quantitative estimate of drug-likeness (QED) is 0.884. The van der Waals surface area contributed by atoms with Crippen LogP contribution in [0.5, 0.6) is 0 Å². The van der Waals surface area contributed by atoms with Crippen LogP contribution in [0.1, 0.15) is 15.9 Å². The number of rotatable bonds is 5. The summed E-state index contributed by atoms with van der Waals surface area (Å²) in [4.78, 5) is 10.8. The second-order valence-electron chi connectivity index (χ2n) is 4.22. The Bertz CT molecular complexity index is 774. The van der Waals surface area contributed by atoms with E-state index in [2.05, 4.69) is 4.72 Å². The summed E-state index contributed by atoms with van der Waals surface area (Å²) in [5, 5.41) is 9.48. The molecule has 0 bridgehead atoms. The number of nitrogens with one attached hydrogen (secondary N) is 1. The summed E-state index contributed by atoms with van der Waals surface area (Å²) < 4.78 is 26.8. The van der Waals surface area contributed by atoms with E-state index in [0.717, 1.165) is 0 Å². The summed E-state index contributed by atoms with van der Waals surface area (Å²) in [6.45, 7) is -0.0179. The molecule has 0 spiro atoms. The second kappa shape index (κ2) is 6.26. The molecule has 0 aliphatic rings. The molecule has 0 unspecified atom stereocenters. The highest BCUT2D eigenvalue weighted by Gasteiger charge is 2.21. The Morgan fingerprint density at radius 1 is 1.10 bits per heavy atom. The van der Waals surface area contributed by atoms with Crippen molar-refractivity contribution in [2.45, 2.75) is 11.4 Å². The van der Waals surface area contributed by atoms with Crippen molar-refractivity contribution in [1.82, 2.24) is 4.72 Å². The maximum atomic E-state index is 12.2.